The van der Waals surface area contributed by atoms with E-state index in [-0.39, 0.29) is 36.2 Å². The van der Waals surface area contributed by atoms with E-state index in [1.165, 1.54) is 30.6 Å². The molecule has 3 heterocycles. The molecular formula is C25H41IN4O2. The number of benzene rings is 1. The summed E-state index contributed by atoms with van der Waals surface area (Å²) in [6, 6.07) is 8.85. The van der Waals surface area contributed by atoms with E-state index in [0.29, 0.717) is 0 Å². The Morgan fingerprint density at radius 1 is 1.03 bits per heavy atom. The van der Waals surface area contributed by atoms with Crippen molar-refractivity contribution in [3.63, 3.8) is 0 Å². The van der Waals surface area contributed by atoms with Gasteiger partial charge in [-0.1, -0.05) is 38.1 Å². The molecule has 1 aromatic carbocycles. The van der Waals surface area contributed by atoms with Crippen molar-refractivity contribution in [2.45, 2.75) is 58.4 Å². The molecule has 0 radical (unpaired) electrons. The number of aliphatic imine (C=N–C) groups is 1. The Labute approximate surface area is 211 Å². The first-order chi connectivity index (χ1) is 15.1. The van der Waals surface area contributed by atoms with Crippen LogP contribution in [0.4, 0.5) is 0 Å². The quantitative estimate of drug-likeness (QED) is 0.341. The predicted octanol–water partition coefficient (Wildman–Crippen LogP) is 3.74. The van der Waals surface area contributed by atoms with Crippen molar-refractivity contribution in [3.05, 3.63) is 35.4 Å². The van der Waals surface area contributed by atoms with Gasteiger partial charge in [0.15, 0.2) is 5.96 Å². The number of nitrogens with one attached hydrogen (secondary N) is 1. The number of halogens is 1. The first-order valence-corrected chi connectivity index (χ1v) is 12.1. The summed E-state index contributed by atoms with van der Waals surface area (Å²) in [5.74, 6) is 2.53. The minimum Gasteiger partial charge on any atom is -0.375 e. The highest BCUT2D eigenvalue weighted by molar-refractivity contribution is 14.0. The molecule has 0 aliphatic carbocycles. The zero-order valence-electron chi connectivity index (χ0n) is 20.0. The molecule has 1 N–H and O–H groups in total. The number of morpholine rings is 1. The summed E-state index contributed by atoms with van der Waals surface area (Å²) in [7, 11) is 1.88. The van der Waals surface area contributed by atoms with E-state index < -0.39 is 0 Å². The summed E-state index contributed by atoms with van der Waals surface area (Å²) in [5, 5.41) is 3.62. The second-order valence-electron chi connectivity index (χ2n) is 9.72. The second-order valence-corrected chi connectivity index (χ2v) is 9.72. The third-order valence-corrected chi connectivity index (χ3v) is 6.88. The summed E-state index contributed by atoms with van der Waals surface area (Å²) < 4.78 is 11.9. The van der Waals surface area contributed by atoms with Crippen LogP contribution in [0.15, 0.2) is 29.3 Å². The minimum absolute atomic E-state index is 0. The fraction of sp³-hybridized carbons (Fsp3) is 0.720. The highest BCUT2D eigenvalue weighted by atomic mass is 127. The molecule has 180 valence electrons. The average molecular weight is 557 g/mol. The summed E-state index contributed by atoms with van der Waals surface area (Å²) in [5.41, 5.74) is 2.78. The molecule has 0 amide bonds. The van der Waals surface area contributed by atoms with Crippen LogP contribution in [0, 0.1) is 11.8 Å². The van der Waals surface area contributed by atoms with Crippen molar-refractivity contribution < 1.29 is 9.47 Å². The molecule has 7 heteroatoms. The van der Waals surface area contributed by atoms with Crippen molar-refractivity contribution in [2.75, 3.05) is 46.4 Å². The molecule has 3 fully saturated rings. The molecule has 4 rings (SSSR count). The molecule has 4 unspecified atom stereocenters. The van der Waals surface area contributed by atoms with Gasteiger partial charge in [0.05, 0.1) is 12.7 Å². The Balaban J connectivity index is 0.00000289. The maximum atomic E-state index is 6.02. The molecule has 4 atom stereocenters. The Kier molecular flexibility index (Phi) is 10.1. The van der Waals surface area contributed by atoms with E-state index in [1.54, 1.807) is 0 Å². The van der Waals surface area contributed by atoms with Crippen molar-refractivity contribution in [1.82, 2.24) is 15.1 Å². The zero-order valence-corrected chi connectivity index (χ0v) is 22.3. The Morgan fingerprint density at radius 2 is 1.75 bits per heavy atom. The van der Waals surface area contributed by atoms with Gasteiger partial charge in [-0.25, -0.2) is 0 Å². The van der Waals surface area contributed by atoms with Gasteiger partial charge in [-0.15, -0.1) is 24.0 Å². The molecule has 0 aromatic heterocycles. The van der Waals surface area contributed by atoms with Crippen molar-refractivity contribution in [1.29, 1.82) is 0 Å². The van der Waals surface area contributed by atoms with Gasteiger partial charge in [0, 0.05) is 52.9 Å². The number of rotatable bonds is 5. The van der Waals surface area contributed by atoms with Gasteiger partial charge >= 0.3 is 0 Å². The van der Waals surface area contributed by atoms with Crippen LogP contribution >= 0.6 is 24.0 Å². The van der Waals surface area contributed by atoms with Crippen LogP contribution in [0.2, 0.25) is 0 Å². The maximum absolute atomic E-state index is 6.02. The second kappa shape index (κ2) is 12.5. The van der Waals surface area contributed by atoms with Crippen LogP contribution in [0.5, 0.6) is 0 Å². The highest BCUT2D eigenvalue weighted by Crippen LogP contribution is 2.24. The van der Waals surface area contributed by atoms with Gasteiger partial charge in [-0.3, -0.25) is 9.89 Å². The molecule has 0 bridgehead atoms. The summed E-state index contributed by atoms with van der Waals surface area (Å²) >= 11 is 0. The molecule has 0 spiro atoms. The van der Waals surface area contributed by atoms with Crippen molar-refractivity contribution >= 4 is 29.9 Å². The summed E-state index contributed by atoms with van der Waals surface area (Å²) in [6.07, 6.45) is 3.97. The van der Waals surface area contributed by atoms with Gasteiger partial charge in [-0.2, -0.15) is 0 Å². The smallest absolute Gasteiger partial charge is 0.194 e. The van der Waals surface area contributed by atoms with Gasteiger partial charge in [-0.05, 0) is 42.2 Å². The molecule has 3 aliphatic rings. The average Bonchev–Trinajstić information content (AvgIpc) is 3.30. The molecule has 6 nitrogen and oxygen atoms in total. The fourth-order valence-electron chi connectivity index (χ4n) is 5.54. The van der Waals surface area contributed by atoms with E-state index in [4.69, 9.17) is 9.47 Å². The first kappa shape index (κ1) is 25.7. The molecule has 1 aromatic rings. The highest BCUT2D eigenvalue weighted by Gasteiger charge is 2.32. The summed E-state index contributed by atoms with van der Waals surface area (Å²) in [6.45, 7) is 12.3. The Bertz CT molecular complexity index is 730. The third-order valence-electron chi connectivity index (χ3n) is 6.88. The van der Waals surface area contributed by atoms with E-state index in [2.05, 4.69) is 58.2 Å². The van der Waals surface area contributed by atoms with Gasteiger partial charge in [0.1, 0.15) is 6.10 Å². The van der Waals surface area contributed by atoms with E-state index in [9.17, 15) is 0 Å². The van der Waals surface area contributed by atoms with Crippen molar-refractivity contribution in [3.8, 4) is 0 Å². The molecular weight excluding hydrogens is 515 g/mol. The molecule has 3 aliphatic heterocycles. The van der Waals surface area contributed by atoms with Crippen LogP contribution in [-0.2, 0) is 22.6 Å². The van der Waals surface area contributed by atoms with E-state index >= 15 is 0 Å². The number of hydrogen-bond donors (Lipinski definition) is 1. The van der Waals surface area contributed by atoms with E-state index in [0.717, 1.165) is 70.0 Å². The predicted molar refractivity (Wildman–Crippen MR) is 141 cm³/mol. The lowest BCUT2D eigenvalue weighted by molar-refractivity contribution is -0.0817. The van der Waals surface area contributed by atoms with Crippen LogP contribution in [0.3, 0.4) is 0 Å². The fourth-order valence-corrected chi connectivity index (χ4v) is 5.54. The number of nitrogens with zero attached hydrogens (tertiary/aromatic N) is 3. The summed E-state index contributed by atoms with van der Waals surface area (Å²) in [4.78, 5) is 9.53. The van der Waals surface area contributed by atoms with Gasteiger partial charge in [0.2, 0.25) is 0 Å². The normalized spacial score (nSPS) is 29.6. The third kappa shape index (κ3) is 6.81. The topological polar surface area (TPSA) is 49.3 Å². The van der Waals surface area contributed by atoms with Crippen LogP contribution < -0.4 is 5.32 Å². The monoisotopic (exact) mass is 556 g/mol. The minimum atomic E-state index is 0. The van der Waals surface area contributed by atoms with Gasteiger partial charge in [0.25, 0.3) is 0 Å². The number of piperidine rings is 1. The number of guanidine groups is 1. The SMILES string of the molecule is CN=C(NCc1ccccc1CN1CC(C)CC(C)C1)N1CCOC(C2CCCO2)C1.I. The largest absolute Gasteiger partial charge is 0.375 e. The number of hydrogen-bond acceptors (Lipinski definition) is 4. The molecule has 0 saturated carbocycles. The van der Waals surface area contributed by atoms with E-state index in [1.807, 2.05) is 7.05 Å². The number of ether oxygens (including phenoxy) is 2. The lowest BCUT2D eigenvalue weighted by atomic mass is 9.91. The zero-order chi connectivity index (χ0) is 21.6. The molecule has 32 heavy (non-hydrogen) atoms. The lowest BCUT2D eigenvalue weighted by Crippen LogP contribution is -2.53. The molecule has 3 saturated heterocycles. The van der Waals surface area contributed by atoms with Crippen LogP contribution in [0.1, 0.15) is 44.2 Å². The Morgan fingerprint density at radius 3 is 2.44 bits per heavy atom. The lowest BCUT2D eigenvalue weighted by Gasteiger charge is -2.37. The standard InChI is InChI=1S/C25H40N4O2.HI/c1-19-13-20(2)16-28(15-19)17-22-8-5-4-7-21(22)14-27-25(26-3)29-10-12-31-24(18-29)23-9-6-11-30-23;/h4-5,7-8,19-20,23-24H,6,9-18H2,1-3H3,(H,26,27);1H. The number of likely N-dealkylation sites (tertiary alicyclic amines) is 1. The van der Waals surface area contributed by atoms with Crippen molar-refractivity contribution in [2.24, 2.45) is 16.8 Å². The maximum Gasteiger partial charge on any atom is 0.194 e. The van der Waals surface area contributed by atoms with Crippen LogP contribution in [-0.4, -0.2) is 74.4 Å². The Hall–Kier alpha value is -0.900. The van der Waals surface area contributed by atoms with Gasteiger partial charge < -0.3 is 19.7 Å². The first-order valence-electron chi connectivity index (χ1n) is 12.1. The van der Waals surface area contributed by atoms with Crippen LogP contribution in [0.25, 0.3) is 0 Å².